The SMILES string of the molecule is C=C[C@H](CCC(C)(C)O)[C@H]1CCC2C3CC=C4C[C@](O)(CC)CC[C@]4(C)C3CC[C@@]21C. The fraction of sp³-hybridized carbons (Fsp3) is 0.862. The van der Waals surface area contributed by atoms with Crippen LogP contribution in [-0.2, 0) is 0 Å². The van der Waals surface area contributed by atoms with Gasteiger partial charge in [0, 0.05) is 0 Å². The molecule has 0 saturated heterocycles. The van der Waals surface area contributed by atoms with E-state index in [0.717, 1.165) is 56.3 Å². The Morgan fingerprint density at radius 2 is 1.90 bits per heavy atom. The van der Waals surface area contributed by atoms with Crippen molar-refractivity contribution < 1.29 is 10.2 Å². The minimum absolute atomic E-state index is 0.308. The molecule has 0 aromatic heterocycles. The molecule has 2 heteroatoms. The lowest BCUT2D eigenvalue weighted by atomic mass is 9.46. The van der Waals surface area contributed by atoms with Crippen molar-refractivity contribution in [3.63, 3.8) is 0 Å². The Morgan fingerprint density at radius 1 is 1.16 bits per heavy atom. The Balaban J connectivity index is 1.55. The summed E-state index contributed by atoms with van der Waals surface area (Å²) in [5.41, 5.74) is 1.26. The molecule has 0 spiro atoms. The van der Waals surface area contributed by atoms with Crippen LogP contribution in [0.25, 0.3) is 0 Å². The first-order valence-corrected chi connectivity index (χ1v) is 13.2. The lowest BCUT2D eigenvalue weighted by Gasteiger charge is -2.59. The summed E-state index contributed by atoms with van der Waals surface area (Å²) in [5, 5.41) is 21.3. The molecule has 0 radical (unpaired) electrons. The summed E-state index contributed by atoms with van der Waals surface area (Å²) < 4.78 is 0. The predicted octanol–water partition coefficient (Wildman–Crippen LogP) is 7.06. The fourth-order valence-electron chi connectivity index (χ4n) is 8.76. The number of hydrogen-bond donors (Lipinski definition) is 2. The maximum Gasteiger partial charge on any atom is 0.0682 e. The third-order valence-electron chi connectivity index (χ3n) is 10.9. The molecule has 0 aliphatic heterocycles. The zero-order valence-electron chi connectivity index (χ0n) is 20.9. The summed E-state index contributed by atoms with van der Waals surface area (Å²) in [6.45, 7) is 15.4. The molecule has 31 heavy (non-hydrogen) atoms. The quantitative estimate of drug-likeness (QED) is 0.445. The topological polar surface area (TPSA) is 40.5 Å². The monoisotopic (exact) mass is 428 g/mol. The van der Waals surface area contributed by atoms with Crippen molar-refractivity contribution in [1.29, 1.82) is 0 Å². The van der Waals surface area contributed by atoms with E-state index in [1.807, 2.05) is 13.8 Å². The molecular formula is C29H48O2. The highest BCUT2D eigenvalue weighted by atomic mass is 16.3. The molecule has 0 heterocycles. The lowest BCUT2D eigenvalue weighted by Crippen LogP contribution is -2.52. The third kappa shape index (κ3) is 3.99. The average molecular weight is 429 g/mol. The van der Waals surface area contributed by atoms with Crippen molar-refractivity contribution in [2.75, 3.05) is 0 Å². The molecule has 176 valence electrons. The Labute approximate surface area is 191 Å². The molecule has 3 fully saturated rings. The van der Waals surface area contributed by atoms with E-state index >= 15 is 0 Å². The van der Waals surface area contributed by atoms with E-state index in [1.54, 1.807) is 5.57 Å². The number of aliphatic hydroxyl groups is 2. The number of hydrogen-bond acceptors (Lipinski definition) is 2. The van der Waals surface area contributed by atoms with Crippen LogP contribution in [0.3, 0.4) is 0 Å². The van der Waals surface area contributed by atoms with Crippen LogP contribution < -0.4 is 0 Å². The van der Waals surface area contributed by atoms with Crippen molar-refractivity contribution in [3.8, 4) is 0 Å². The van der Waals surface area contributed by atoms with Gasteiger partial charge in [0.2, 0.25) is 0 Å². The van der Waals surface area contributed by atoms with E-state index in [9.17, 15) is 10.2 Å². The first-order valence-electron chi connectivity index (χ1n) is 13.2. The lowest BCUT2D eigenvalue weighted by molar-refractivity contribution is -0.0749. The Bertz CT molecular complexity index is 717. The van der Waals surface area contributed by atoms with Gasteiger partial charge < -0.3 is 10.2 Å². The first kappa shape index (κ1) is 23.6. The van der Waals surface area contributed by atoms with Gasteiger partial charge in [-0.1, -0.05) is 38.5 Å². The van der Waals surface area contributed by atoms with E-state index in [2.05, 4.69) is 39.5 Å². The first-order chi connectivity index (χ1) is 14.5. The van der Waals surface area contributed by atoms with Gasteiger partial charge in [0.05, 0.1) is 11.2 Å². The van der Waals surface area contributed by atoms with Crippen molar-refractivity contribution in [3.05, 3.63) is 24.3 Å². The predicted molar refractivity (Wildman–Crippen MR) is 130 cm³/mol. The van der Waals surface area contributed by atoms with E-state index in [-0.39, 0.29) is 0 Å². The summed E-state index contributed by atoms with van der Waals surface area (Å²) in [6.07, 6.45) is 17.2. The van der Waals surface area contributed by atoms with Crippen LogP contribution in [0, 0.1) is 40.4 Å². The number of rotatable bonds is 6. The third-order valence-corrected chi connectivity index (χ3v) is 10.9. The molecule has 4 aliphatic carbocycles. The molecule has 2 nitrogen and oxygen atoms in total. The molecule has 3 unspecified atom stereocenters. The summed E-state index contributed by atoms with van der Waals surface area (Å²) in [6, 6.07) is 0. The van der Waals surface area contributed by atoms with Crippen molar-refractivity contribution in [2.24, 2.45) is 40.4 Å². The number of allylic oxidation sites excluding steroid dienone is 2. The standard InChI is InChI=1S/C29H48O2/c1-7-20(13-15-26(3,4)30)23-11-12-24-22-10-9-21-19-29(31,8-2)18-17-27(21,5)25(22)14-16-28(23,24)6/h7,9,20,22-25,30-31H,1,8,10-19H2,2-6H3/t20-,22?,23-,24?,25?,27+,28-,29+/m1/s1. The van der Waals surface area contributed by atoms with Crippen LogP contribution in [-0.4, -0.2) is 21.4 Å². The van der Waals surface area contributed by atoms with Crippen LogP contribution >= 0.6 is 0 Å². The summed E-state index contributed by atoms with van der Waals surface area (Å²) in [7, 11) is 0. The van der Waals surface area contributed by atoms with Gasteiger partial charge in [-0.25, -0.2) is 0 Å². The van der Waals surface area contributed by atoms with E-state index in [0.29, 0.717) is 22.7 Å². The minimum Gasteiger partial charge on any atom is -0.390 e. The molecule has 3 saturated carbocycles. The maximum atomic E-state index is 11.0. The second-order valence-corrected chi connectivity index (χ2v) is 13.0. The van der Waals surface area contributed by atoms with Crippen LogP contribution in [0.1, 0.15) is 105 Å². The summed E-state index contributed by atoms with van der Waals surface area (Å²) in [4.78, 5) is 0. The maximum absolute atomic E-state index is 11.0. The van der Waals surface area contributed by atoms with Gasteiger partial charge in [-0.15, -0.1) is 6.58 Å². The highest BCUT2D eigenvalue weighted by Crippen LogP contribution is 2.68. The molecule has 4 aliphatic rings. The highest BCUT2D eigenvalue weighted by molar-refractivity contribution is 5.27. The Hall–Kier alpha value is -0.600. The van der Waals surface area contributed by atoms with Crippen LogP contribution in [0.2, 0.25) is 0 Å². The molecule has 0 aromatic carbocycles. The van der Waals surface area contributed by atoms with Gasteiger partial charge in [0.1, 0.15) is 0 Å². The van der Waals surface area contributed by atoms with Gasteiger partial charge in [-0.2, -0.15) is 0 Å². The molecule has 0 bridgehead atoms. The smallest absolute Gasteiger partial charge is 0.0682 e. The van der Waals surface area contributed by atoms with E-state index < -0.39 is 11.2 Å². The largest absolute Gasteiger partial charge is 0.390 e. The zero-order chi connectivity index (χ0) is 22.7. The van der Waals surface area contributed by atoms with Crippen molar-refractivity contribution >= 4 is 0 Å². The Morgan fingerprint density at radius 3 is 2.55 bits per heavy atom. The fourth-order valence-corrected chi connectivity index (χ4v) is 8.76. The van der Waals surface area contributed by atoms with Gasteiger partial charge >= 0.3 is 0 Å². The average Bonchev–Trinajstić information content (AvgIpc) is 3.06. The molecule has 0 aromatic rings. The van der Waals surface area contributed by atoms with E-state index in [4.69, 9.17) is 0 Å². The second-order valence-electron chi connectivity index (χ2n) is 13.0. The molecule has 8 atom stereocenters. The number of fused-ring (bicyclic) bond motifs is 5. The highest BCUT2D eigenvalue weighted by Gasteiger charge is 2.60. The molecule has 2 N–H and O–H groups in total. The zero-order valence-corrected chi connectivity index (χ0v) is 20.9. The van der Waals surface area contributed by atoms with Gasteiger partial charge in [0.15, 0.2) is 0 Å². The Kier molecular flexibility index (Phi) is 6.09. The normalized spacial score (nSPS) is 45.8. The molecular weight excluding hydrogens is 380 g/mol. The van der Waals surface area contributed by atoms with E-state index in [1.165, 1.54) is 32.1 Å². The van der Waals surface area contributed by atoms with Gasteiger partial charge in [-0.3, -0.25) is 0 Å². The second kappa shape index (κ2) is 8.01. The van der Waals surface area contributed by atoms with Gasteiger partial charge in [-0.05, 0) is 125 Å². The van der Waals surface area contributed by atoms with Crippen LogP contribution in [0.5, 0.6) is 0 Å². The van der Waals surface area contributed by atoms with Crippen LogP contribution in [0.4, 0.5) is 0 Å². The minimum atomic E-state index is -0.585. The van der Waals surface area contributed by atoms with Crippen molar-refractivity contribution in [2.45, 2.75) is 116 Å². The summed E-state index contributed by atoms with van der Waals surface area (Å²) in [5.74, 6) is 3.67. The van der Waals surface area contributed by atoms with Crippen molar-refractivity contribution in [1.82, 2.24) is 0 Å². The molecule has 0 amide bonds. The van der Waals surface area contributed by atoms with Crippen LogP contribution in [0.15, 0.2) is 24.3 Å². The summed E-state index contributed by atoms with van der Waals surface area (Å²) >= 11 is 0. The van der Waals surface area contributed by atoms with Gasteiger partial charge in [0.25, 0.3) is 0 Å². The molecule has 4 rings (SSSR count).